The Morgan fingerprint density at radius 2 is 2.05 bits per heavy atom. The topological polar surface area (TPSA) is 38.5 Å². The molecular weight excluding hydrogens is 260 g/mol. The van der Waals surface area contributed by atoms with Gasteiger partial charge in [0.2, 0.25) is 0 Å². The van der Waals surface area contributed by atoms with Gasteiger partial charge >= 0.3 is 0 Å². The molecular formula is C18H28N2O. The van der Waals surface area contributed by atoms with Crippen LogP contribution in [0.1, 0.15) is 38.3 Å². The van der Waals surface area contributed by atoms with Crippen LogP contribution in [0, 0.1) is 5.41 Å². The number of nitrogens with two attached hydrogens (primary N) is 1. The van der Waals surface area contributed by atoms with Crippen molar-refractivity contribution in [1.29, 1.82) is 0 Å². The highest BCUT2D eigenvalue weighted by molar-refractivity contribution is 5.37. The van der Waals surface area contributed by atoms with Gasteiger partial charge in [-0.15, -0.1) is 0 Å². The van der Waals surface area contributed by atoms with Crippen molar-refractivity contribution < 1.29 is 4.74 Å². The summed E-state index contributed by atoms with van der Waals surface area (Å²) < 4.78 is 5.48. The summed E-state index contributed by atoms with van der Waals surface area (Å²) in [6.07, 6.45) is 3.55. The monoisotopic (exact) mass is 288 g/mol. The van der Waals surface area contributed by atoms with Gasteiger partial charge in [-0.25, -0.2) is 0 Å². The number of methoxy groups -OCH3 is 1. The Morgan fingerprint density at radius 3 is 2.57 bits per heavy atom. The Balaban J connectivity index is 2.08. The molecule has 0 fully saturated rings. The lowest BCUT2D eigenvalue weighted by Gasteiger charge is -2.32. The first-order chi connectivity index (χ1) is 9.94. The molecule has 3 heteroatoms. The predicted octanol–water partition coefficient (Wildman–Crippen LogP) is 3.33. The van der Waals surface area contributed by atoms with Gasteiger partial charge in [-0.3, -0.25) is 4.90 Å². The fourth-order valence-corrected chi connectivity index (χ4v) is 2.86. The molecule has 116 valence electrons. The molecule has 3 nitrogen and oxygen atoms in total. The third-order valence-corrected chi connectivity index (χ3v) is 4.23. The summed E-state index contributed by atoms with van der Waals surface area (Å²) in [5.41, 5.74) is 10.0. The van der Waals surface area contributed by atoms with Crippen LogP contribution in [-0.2, 0) is 13.1 Å². The number of ether oxygens (including phenoxy) is 1. The second-order valence-corrected chi connectivity index (χ2v) is 6.81. The van der Waals surface area contributed by atoms with Crippen LogP contribution in [-0.4, -0.2) is 25.1 Å². The maximum absolute atomic E-state index is 5.75. The molecule has 0 atom stereocenters. The first-order valence-electron chi connectivity index (χ1n) is 7.71. The minimum absolute atomic E-state index is 0.295. The number of hydrogen-bond donors (Lipinski definition) is 1. The molecule has 0 radical (unpaired) electrons. The van der Waals surface area contributed by atoms with E-state index < -0.39 is 0 Å². The zero-order valence-electron chi connectivity index (χ0n) is 13.8. The maximum Gasteiger partial charge on any atom is 0.123 e. The molecule has 0 unspecified atom stereocenters. The van der Waals surface area contributed by atoms with Gasteiger partial charge in [-0.2, -0.15) is 0 Å². The average molecular weight is 288 g/mol. The van der Waals surface area contributed by atoms with Crippen LogP contribution in [0.2, 0.25) is 0 Å². The number of nitrogens with zero attached hydrogens (tertiary/aromatic N) is 1. The van der Waals surface area contributed by atoms with Crippen molar-refractivity contribution in [3.8, 4) is 5.75 Å². The standard InChI is InChI=1S/C18H28N2O/c1-18(2,3)16-7-9-20(10-8-16)13-15-11-14(12-19)5-6-17(15)21-4/h5-7,11H,8-10,12-13,19H2,1-4H3. The largest absolute Gasteiger partial charge is 0.496 e. The number of hydrogen-bond acceptors (Lipinski definition) is 3. The van der Waals surface area contributed by atoms with Crippen LogP contribution in [0.4, 0.5) is 0 Å². The highest BCUT2D eigenvalue weighted by Gasteiger charge is 2.21. The predicted molar refractivity (Wildman–Crippen MR) is 88.3 cm³/mol. The summed E-state index contributed by atoms with van der Waals surface area (Å²) in [5, 5.41) is 0. The smallest absolute Gasteiger partial charge is 0.123 e. The zero-order chi connectivity index (χ0) is 15.5. The van der Waals surface area contributed by atoms with E-state index in [-0.39, 0.29) is 0 Å². The summed E-state index contributed by atoms with van der Waals surface area (Å²) >= 11 is 0. The summed E-state index contributed by atoms with van der Waals surface area (Å²) in [7, 11) is 1.73. The van der Waals surface area contributed by atoms with Crippen molar-refractivity contribution in [1.82, 2.24) is 4.90 Å². The first-order valence-corrected chi connectivity index (χ1v) is 7.71. The van der Waals surface area contributed by atoms with Crippen molar-refractivity contribution in [2.24, 2.45) is 11.1 Å². The fraction of sp³-hybridized carbons (Fsp3) is 0.556. The molecule has 0 bridgehead atoms. The Kier molecular flexibility index (Phi) is 5.07. The van der Waals surface area contributed by atoms with Gasteiger partial charge in [0.05, 0.1) is 7.11 Å². The average Bonchev–Trinajstić information content (AvgIpc) is 2.46. The molecule has 1 aromatic carbocycles. The lowest BCUT2D eigenvalue weighted by atomic mass is 9.83. The van der Waals surface area contributed by atoms with Gasteiger partial charge in [-0.05, 0) is 29.5 Å². The Bertz CT molecular complexity index is 514. The van der Waals surface area contributed by atoms with E-state index in [1.165, 1.54) is 5.56 Å². The summed E-state index contributed by atoms with van der Waals surface area (Å²) in [5.74, 6) is 0.956. The van der Waals surface area contributed by atoms with E-state index in [2.05, 4.69) is 37.8 Å². The Labute approximate surface area is 128 Å². The third kappa shape index (κ3) is 4.08. The second kappa shape index (κ2) is 6.63. The van der Waals surface area contributed by atoms with Gasteiger partial charge in [0.25, 0.3) is 0 Å². The number of benzene rings is 1. The molecule has 21 heavy (non-hydrogen) atoms. The van der Waals surface area contributed by atoms with Gasteiger partial charge in [0, 0.05) is 31.7 Å². The highest BCUT2D eigenvalue weighted by atomic mass is 16.5. The molecule has 0 amide bonds. The van der Waals surface area contributed by atoms with E-state index in [4.69, 9.17) is 10.5 Å². The van der Waals surface area contributed by atoms with E-state index >= 15 is 0 Å². The first kappa shape index (κ1) is 16.1. The summed E-state index contributed by atoms with van der Waals surface area (Å²) in [6.45, 7) is 10.5. The molecule has 1 aromatic rings. The maximum atomic E-state index is 5.75. The highest BCUT2D eigenvalue weighted by Crippen LogP contribution is 2.31. The van der Waals surface area contributed by atoms with Crippen LogP contribution < -0.4 is 10.5 Å². The van der Waals surface area contributed by atoms with Gasteiger partial charge in [0.1, 0.15) is 5.75 Å². The fourth-order valence-electron chi connectivity index (χ4n) is 2.86. The quantitative estimate of drug-likeness (QED) is 0.864. The lowest BCUT2D eigenvalue weighted by Crippen LogP contribution is -2.31. The van der Waals surface area contributed by atoms with E-state index in [1.54, 1.807) is 12.7 Å². The van der Waals surface area contributed by atoms with Gasteiger partial charge < -0.3 is 10.5 Å². The zero-order valence-corrected chi connectivity index (χ0v) is 13.8. The SMILES string of the molecule is COc1ccc(CN)cc1CN1CC=C(C(C)(C)C)CC1. The Hall–Kier alpha value is -1.32. The van der Waals surface area contributed by atoms with Crippen LogP contribution in [0.5, 0.6) is 5.75 Å². The normalized spacial score (nSPS) is 16.7. The van der Waals surface area contributed by atoms with Gasteiger partial charge in [-0.1, -0.05) is 38.5 Å². The molecule has 1 aliphatic rings. The molecule has 2 rings (SSSR count). The van der Waals surface area contributed by atoms with E-state index in [1.807, 2.05) is 12.1 Å². The molecule has 0 saturated carbocycles. The molecule has 2 N–H and O–H groups in total. The van der Waals surface area contributed by atoms with E-state index in [0.717, 1.165) is 37.4 Å². The lowest BCUT2D eigenvalue weighted by molar-refractivity contribution is 0.267. The number of rotatable bonds is 4. The van der Waals surface area contributed by atoms with Crippen molar-refractivity contribution in [2.75, 3.05) is 20.2 Å². The van der Waals surface area contributed by atoms with Crippen LogP contribution >= 0.6 is 0 Å². The van der Waals surface area contributed by atoms with E-state index in [0.29, 0.717) is 12.0 Å². The van der Waals surface area contributed by atoms with Crippen LogP contribution in [0.3, 0.4) is 0 Å². The second-order valence-electron chi connectivity index (χ2n) is 6.81. The van der Waals surface area contributed by atoms with Crippen molar-refractivity contribution in [3.05, 3.63) is 41.0 Å². The molecule has 0 spiro atoms. The van der Waals surface area contributed by atoms with Crippen molar-refractivity contribution in [3.63, 3.8) is 0 Å². The molecule has 1 aliphatic heterocycles. The minimum atomic E-state index is 0.295. The van der Waals surface area contributed by atoms with Crippen molar-refractivity contribution >= 4 is 0 Å². The van der Waals surface area contributed by atoms with Gasteiger partial charge in [0.15, 0.2) is 0 Å². The molecule has 0 aromatic heterocycles. The van der Waals surface area contributed by atoms with E-state index in [9.17, 15) is 0 Å². The third-order valence-electron chi connectivity index (χ3n) is 4.23. The van der Waals surface area contributed by atoms with Crippen LogP contribution in [0.15, 0.2) is 29.8 Å². The molecule has 0 saturated heterocycles. The Morgan fingerprint density at radius 1 is 1.29 bits per heavy atom. The molecule has 0 aliphatic carbocycles. The van der Waals surface area contributed by atoms with Crippen molar-refractivity contribution in [2.45, 2.75) is 40.3 Å². The molecule has 1 heterocycles. The van der Waals surface area contributed by atoms with Crippen LogP contribution in [0.25, 0.3) is 0 Å². The summed E-state index contributed by atoms with van der Waals surface area (Å²) in [4.78, 5) is 2.47. The summed E-state index contributed by atoms with van der Waals surface area (Å²) in [6, 6.07) is 6.23. The minimum Gasteiger partial charge on any atom is -0.496 e.